The van der Waals surface area contributed by atoms with Gasteiger partial charge in [0.05, 0.1) is 0 Å². The molecule has 1 aliphatic heterocycles. The number of primary amides is 1. The van der Waals surface area contributed by atoms with E-state index in [4.69, 9.17) is 13.2 Å². The van der Waals surface area contributed by atoms with Gasteiger partial charge in [-0.05, 0) is 40.0 Å². The maximum Gasteiger partial charge on any atom is 0.408 e. The number of amides is 3. The predicted octanol–water partition coefficient (Wildman–Crippen LogP) is 0.281. The van der Waals surface area contributed by atoms with E-state index in [0.29, 0.717) is 0 Å². The van der Waals surface area contributed by atoms with E-state index in [9.17, 15) is 14.4 Å². The van der Waals surface area contributed by atoms with Gasteiger partial charge in [0.15, 0.2) is 0 Å². The minimum Gasteiger partial charge on any atom is -0.444 e. The Morgan fingerprint density at radius 3 is 2.75 bits per heavy atom. The number of piperidine rings is 1. The number of carbonyl (C=O) groups is 3. The average molecular weight is 287 g/mol. The largest absolute Gasteiger partial charge is 0.444 e. The van der Waals surface area contributed by atoms with Crippen molar-refractivity contribution in [2.45, 2.75) is 51.7 Å². The van der Waals surface area contributed by atoms with Gasteiger partial charge in [0, 0.05) is 15.2 Å². The van der Waals surface area contributed by atoms with Gasteiger partial charge in [0.1, 0.15) is 11.6 Å². The maximum atomic E-state index is 11.8. The van der Waals surface area contributed by atoms with Crippen LogP contribution in [0.4, 0.5) is 4.79 Å². The third kappa shape index (κ3) is 5.46. The first-order valence-electron chi connectivity index (χ1n) is 7.50. The van der Waals surface area contributed by atoms with Crippen molar-refractivity contribution in [3.63, 3.8) is 0 Å². The van der Waals surface area contributed by atoms with Gasteiger partial charge in [0.2, 0.25) is 11.8 Å². The molecule has 1 rings (SSSR count). The van der Waals surface area contributed by atoms with E-state index in [1.165, 1.54) is 0 Å². The highest BCUT2D eigenvalue weighted by molar-refractivity contribution is 5.86. The van der Waals surface area contributed by atoms with Crippen molar-refractivity contribution in [1.29, 1.82) is 0 Å². The highest BCUT2D eigenvalue weighted by Crippen LogP contribution is 2.17. The first kappa shape index (κ1) is 13.2. The lowest BCUT2D eigenvalue weighted by atomic mass is 9.91. The van der Waals surface area contributed by atoms with E-state index in [0.717, 1.165) is 0 Å². The number of rotatable bonds is 4. The van der Waals surface area contributed by atoms with Gasteiger partial charge in [-0.1, -0.05) is 0 Å². The molecule has 7 nitrogen and oxygen atoms in total. The number of alkyl carbamates (subject to hydrolysis) is 1. The number of nitrogens with two attached hydrogens (primary N) is 1. The standard InChI is InChI=1S/C13H23N3O4/c1-13(2,3)20-12(19)16-9(10(14)17)7-8-5-4-6-15-11(8)18/h8-9H,4-7H2,1-3H3,(H2,14,17)(H,15,18)(H,16,19)/t8-,9-/m0/s1/i6D2. The van der Waals surface area contributed by atoms with E-state index in [1.54, 1.807) is 20.8 Å². The number of hydrogen-bond donors (Lipinski definition) is 3. The van der Waals surface area contributed by atoms with Crippen LogP contribution in [0.2, 0.25) is 0 Å². The zero-order chi connectivity index (χ0) is 17.1. The fourth-order valence-electron chi connectivity index (χ4n) is 1.83. The van der Waals surface area contributed by atoms with Gasteiger partial charge in [-0.15, -0.1) is 0 Å². The van der Waals surface area contributed by atoms with Gasteiger partial charge >= 0.3 is 6.09 Å². The van der Waals surface area contributed by atoms with Crippen LogP contribution in [0.3, 0.4) is 0 Å². The molecule has 0 spiro atoms. The van der Waals surface area contributed by atoms with E-state index >= 15 is 0 Å². The number of hydrogen-bond acceptors (Lipinski definition) is 4. The lowest BCUT2D eigenvalue weighted by Gasteiger charge is -2.26. The van der Waals surface area contributed by atoms with Crippen LogP contribution in [0.25, 0.3) is 0 Å². The van der Waals surface area contributed by atoms with Crippen LogP contribution in [0.5, 0.6) is 0 Å². The van der Waals surface area contributed by atoms with Crippen LogP contribution < -0.4 is 16.4 Å². The second kappa shape index (κ2) is 6.58. The summed E-state index contributed by atoms with van der Waals surface area (Å²) >= 11 is 0. The molecule has 1 aliphatic rings. The molecule has 7 heteroatoms. The summed E-state index contributed by atoms with van der Waals surface area (Å²) in [4.78, 5) is 35.0. The van der Waals surface area contributed by atoms with Gasteiger partial charge < -0.3 is 21.1 Å². The minimum atomic E-state index is -1.74. The van der Waals surface area contributed by atoms with Crippen molar-refractivity contribution >= 4 is 17.9 Å². The molecule has 0 aromatic carbocycles. The van der Waals surface area contributed by atoms with Gasteiger partial charge in [-0.3, -0.25) is 9.59 Å². The summed E-state index contributed by atoms with van der Waals surface area (Å²) in [6, 6.07) is -1.05. The molecule has 0 aliphatic carbocycles. The molecule has 0 aromatic heterocycles. The van der Waals surface area contributed by atoms with Crippen molar-refractivity contribution in [2.75, 3.05) is 6.50 Å². The Balaban J connectivity index is 2.64. The summed E-state index contributed by atoms with van der Waals surface area (Å²) in [5.41, 5.74) is 4.53. The predicted molar refractivity (Wildman–Crippen MR) is 72.7 cm³/mol. The molecule has 0 aromatic rings. The van der Waals surface area contributed by atoms with Crippen molar-refractivity contribution in [3.05, 3.63) is 0 Å². The molecule has 20 heavy (non-hydrogen) atoms. The Bertz CT molecular complexity index is 463. The fourth-order valence-corrected chi connectivity index (χ4v) is 1.83. The van der Waals surface area contributed by atoms with E-state index in [1.807, 2.05) is 0 Å². The monoisotopic (exact) mass is 287 g/mol. The lowest BCUT2D eigenvalue weighted by Crippen LogP contribution is -2.49. The maximum absolute atomic E-state index is 11.8. The zero-order valence-electron chi connectivity index (χ0n) is 14.0. The molecule has 2 atom stereocenters. The van der Waals surface area contributed by atoms with Crippen LogP contribution in [0, 0.1) is 5.92 Å². The average Bonchev–Trinajstić information content (AvgIpc) is 2.28. The molecule has 1 heterocycles. The lowest BCUT2D eigenvalue weighted by molar-refractivity contribution is -0.127. The molecular formula is C13H23N3O4. The summed E-state index contributed by atoms with van der Waals surface area (Å²) in [7, 11) is 0. The third-order valence-electron chi connectivity index (χ3n) is 2.75. The molecular weight excluding hydrogens is 262 g/mol. The van der Waals surface area contributed by atoms with Crippen molar-refractivity contribution in [1.82, 2.24) is 10.6 Å². The van der Waals surface area contributed by atoms with Crippen LogP contribution >= 0.6 is 0 Å². The van der Waals surface area contributed by atoms with Crippen molar-refractivity contribution in [3.8, 4) is 0 Å². The first-order valence-corrected chi connectivity index (χ1v) is 6.50. The number of ether oxygens (including phenoxy) is 1. The Kier molecular flexibility index (Phi) is 4.35. The Labute approximate surface area is 121 Å². The molecule has 114 valence electrons. The van der Waals surface area contributed by atoms with Crippen LogP contribution in [-0.4, -0.2) is 36.0 Å². The molecule has 3 amide bonds. The van der Waals surface area contributed by atoms with Gasteiger partial charge in [-0.25, -0.2) is 4.79 Å². The molecule has 4 N–H and O–H groups in total. The molecule has 0 unspecified atom stereocenters. The van der Waals surface area contributed by atoms with Crippen LogP contribution in [0.1, 0.15) is 42.8 Å². The second-order valence-electron chi connectivity index (χ2n) is 5.74. The Morgan fingerprint density at radius 2 is 2.25 bits per heavy atom. The molecule has 0 saturated carbocycles. The van der Waals surface area contributed by atoms with E-state index < -0.39 is 42.0 Å². The SMILES string of the molecule is [2H]C1([2H])CC[C@@H](C[C@H](NC(=O)OC(C)(C)C)C(N)=O)C(=O)N1. The quantitative estimate of drug-likeness (QED) is 0.689. The highest BCUT2D eigenvalue weighted by Gasteiger charge is 2.30. The third-order valence-corrected chi connectivity index (χ3v) is 2.75. The second-order valence-corrected chi connectivity index (χ2v) is 5.74. The van der Waals surface area contributed by atoms with Gasteiger partial charge in [0.25, 0.3) is 0 Å². The van der Waals surface area contributed by atoms with E-state index in [2.05, 4.69) is 10.6 Å². The summed E-state index contributed by atoms with van der Waals surface area (Å²) in [5.74, 6) is -1.85. The van der Waals surface area contributed by atoms with Crippen molar-refractivity contribution in [2.24, 2.45) is 11.7 Å². The smallest absolute Gasteiger partial charge is 0.408 e. The summed E-state index contributed by atoms with van der Waals surface area (Å²) < 4.78 is 20.0. The zero-order valence-corrected chi connectivity index (χ0v) is 12.0. The van der Waals surface area contributed by atoms with E-state index in [-0.39, 0.29) is 19.3 Å². The highest BCUT2D eigenvalue weighted by atomic mass is 16.6. The molecule has 1 saturated heterocycles. The fraction of sp³-hybridized carbons (Fsp3) is 0.769. The van der Waals surface area contributed by atoms with Crippen molar-refractivity contribution < 1.29 is 21.9 Å². The molecule has 0 bridgehead atoms. The number of carbonyl (C=O) groups excluding carboxylic acids is 3. The van der Waals surface area contributed by atoms with Gasteiger partial charge in [-0.2, -0.15) is 0 Å². The summed E-state index contributed by atoms with van der Waals surface area (Å²) in [6.45, 7) is 3.31. The summed E-state index contributed by atoms with van der Waals surface area (Å²) in [6.07, 6.45) is -0.362. The topological polar surface area (TPSA) is 111 Å². The molecule has 1 fully saturated rings. The van der Waals surface area contributed by atoms with Crippen LogP contribution in [0.15, 0.2) is 0 Å². The Morgan fingerprint density at radius 1 is 1.60 bits per heavy atom. The Hall–Kier alpha value is -1.79. The number of nitrogens with one attached hydrogen (secondary N) is 2. The normalized spacial score (nSPS) is 24.8. The summed E-state index contributed by atoms with van der Waals surface area (Å²) in [5, 5.41) is 4.59. The molecule has 0 radical (unpaired) electrons. The first-order chi connectivity index (χ1) is 9.89. The minimum absolute atomic E-state index is 0.0104. The van der Waals surface area contributed by atoms with Crippen LogP contribution in [-0.2, 0) is 14.3 Å².